The number of aliphatic hydroxyl groups excluding tert-OH is 1. The summed E-state index contributed by atoms with van der Waals surface area (Å²) in [5.74, 6) is 0.232. The van der Waals surface area contributed by atoms with Gasteiger partial charge in [-0.1, -0.05) is 6.07 Å². The van der Waals surface area contributed by atoms with E-state index in [-0.39, 0.29) is 17.8 Å². The first-order chi connectivity index (χ1) is 6.72. The Balaban J connectivity index is 2.42. The highest BCUT2D eigenvalue weighted by Crippen LogP contribution is 2.50. The van der Waals surface area contributed by atoms with E-state index in [2.05, 4.69) is 0 Å². The zero-order valence-electron chi connectivity index (χ0n) is 8.09. The van der Waals surface area contributed by atoms with E-state index >= 15 is 0 Å². The Morgan fingerprint density at radius 3 is 2.71 bits per heavy atom. The van der Waals surface area contributed by atoms with Crippen molar-refractivity contribution in [3.63, 3.8) is 0 Å². The van der Waals surface area contributed by atoms with E-state index in [1.807, 2.05) is 0 Å². The van der Waals surface area contributed by atoms with Crippen LogP contribution in [0.4, 0.5) is 4.39 Å². The summed E-state index contributed by atoms with van der Waals surface area (Å²) in [5, 5.41) is 9.25. The summed E-state index contributed by atoms with van der Waals surface area (Å²) in [6.07, 6.45) is 1.90. The van der Waals surface area contributed by atoms with Gasteiger partial charge in [-0.2, -0.15) is 0 Å². The van der Waals surface area contributed by atoms with Crippen LogP contribution in [0.2, 0.25) is 0 Å². The van der Waals surface area contributed by atoms with Crippen molar-refractivity contribution < 1.29 is 14.2 Å². The Hall–Kier alpha value is -1.09. The van der Waals surface area contributed by atoms with Gasteiger partial charge in [-0.15, -0.1) is 0 Å². The minimum atomic E-state index is -0.306. The molecule has 1 aromatic rings. The van der Waals surface area contributed by atoms with Crippen LogP contribution < -0.4 is 4.74 Å². The van der Waals surface area contributed by atoms with E-state index in [0.717, 1.165) is 18.4 Å². The van der Waals surface area contributed by atoms with Gasteiger partial charge in [-0.05, 0) is 18.9 Å². The number of halogens is 1. The van der Waals surface area contributed by atoms with Gasteiger partial charge in [0.05, 0.1) is 13.7 Å². The minimum absolute atomic E-state index is 0.106. The lowest BCUT2D eigenvalue weighted by Crippen LogP contribution is -2.13. The highest BCUT2D eigenvalue weighted by Gasteiger charge is 2.45. The van der Waals surface area contributed by atoms with E-state index in [4.69, 9.17) is 4.74 Å². The Morgan fingerprint density at radius 2 is 2.21 bits per heavy atom. The number of ether oxygens (including phenoxy) is 1. The molecule has 1 saturated carbocycles. The van der Waals surface area contributed by atoms with Crippen molar-refractivity contribution in [2.75, 3.05) is 13.7 Å². The predicted molar refractivity (Wildman–Crippen MR) is 50.9 cm³/mol. The fraction of sp³-hybridized carbons (Fsp3) is 0.455. The van der Waals surface area contributed by atoms with Crippen LogP contribution in [-0.4, -0.2) is 18.8 Å². The fourth-order valence-electron chi connectivity index (χ4n) is 1.77. The number of benzene rings is 1. The van der Waals surface area contributed by atoms with Crippen LogP contribution in [0, 0.1) is 5.82 Å². The molecule has 76 valence electrons. The van der Waals surface area contributed by atoms with Gasteiger partial charge < -0.3 is 9.84 Å². The molecule has 0 saturated heterocycles. The van der Waals surface area contributed by atoms with Gasteiger partial charge in [0.15, 0.2) is 0 Å². The second-order valence-corrected chi connectivity index (χ2v) is 3.78. The van der Waals surface area contributed by atoms with Crippen LogP contribution >= 0.6 is 0 Å². The van der Waals surface area contributed by atoms with Crippen molar-refractivity contribution in [3.05, 3.63) is 29.6 Å². The molecule has 1 fully saturated rings. The average Bonchev–Trinajstić information content (AvgIpc) is 2.98. The van der Waals surface area contributed by atoms with E-state index in [1.165, 1.54) is 19.2 Å². The molecular formula is C11H13FO2. The quantitative estimate of drug-likeness (QED) is 0.799. The SMILES string of the molecule is COc1cc(F)ccc1C1(CO)CC1. The smallest absolute Gasteiger partial charge is 0.126 e. The third-order valence-corrected chi connectivity index (χ3v) is 2.89. The summed E-state index contributed by atoms with van der Waals surface area (Å²) >= 11 is 0. The van der Waals surface area contributed by atoms with Crippen LogP contribution in [0.15, 0.2) is 18.2 Å². The molecule has 2 rings (SSSR count). The molecule has 2 nitrogen and oxygen atoms in total. The maximum Gasteiger partial charge on any atom is 0.126 e. The molecule has 0 amide bonds. The molecule has 1 aliphatic rings. The van der Waals surface area contributed by atoms with Crippen LogP contribution in [0.1, 0.15) is 18.4 Å². The summed E-state index contributed by atoms with van der Waals surface area (Å²) in [6.45, 7) is 0.106. The number of methoxy groups -OCH3 is 1. The van der Waals surface area contributed by atoms with Gasteiger partial charge in [-0.3, -0.25) is 0 Å². The summed E-state index contributed by atoms with van der Waals surface area (Å²) in [4.78, 5) is 0. The van der Waals surface area contributed by atoms with Gasteiger partial charge >= 0.3 is 0 Å². The third kappa shape index (κ3) is 1.38. The summed E-state index contributed by atoms with van der Waals surface area (Å²) in [7, 11) is 1.52. The van der Waals surface area contributed by atoms with Crippen molar-refractivity contribution in [1.29, 1.82) is 0 Å². The molecular weight excluding hydrogens is 183 g/mol. The number of hydrogen-bond donors (Lipinski definition) is 1. The molecule has 0 heterocycles. The summed E-state index contributed by atoms with van der Waals surface area (Å²) in [6, 6.07) is 4.48. The van der Waals surface area contributed by atoms with Crippen LogP contribution in [0.25, 0.3) is 0 Å². The van der Waals surface area contributed by atoms with Crippen molar-refractivity contribution >= 4 is 0 Å². The molecule has 3 heteroatoms. The zero-order chi connectivity index (χ0) is 10.2. The first-order valence-corrected chi connectivity index (χ1v) is 4.67. The van der Waals surface area contributed by atoms with Gasteiger partial charge in [0, 0.05) is 17.0 Å². The molecule has 1 aromatic carbocycles. The van der Waals surface area contributed by atoms with Gasteiger partial charge in [0.1, 0.15) is 11.6 Å². The lowest BCUT2D eigenvalue weighted by Gasteiger charge is -2.15. The van der Waals surface area contributed by atoms with Crippen LogP contribution in [-0.2, 0) is 5.41 Å². The molecule has 0 aliphatic heterocycles. The molecule has 0 aromatic heterocycles. The predicted octanol–water partition coefficient (Wildman–Crippen LogP) is 1.86. The first-order valence-electron chi connectivity index (χ1n) is 4.67. The molecule has 1 N–H and O–H groups in total. The van der Waals surface area contributed by atoms with Crippen molar-refractivity contribution in [3.8, 4) is 5.75 Å². The number of hydrogen-bond acceptors (Lipinski definition) is 2. The highest BCUT2D eigenvalue weighted by atomic mass is 19.1. The minimum Gasteiger partial charge on any atom is -0.496 e. The molecule has 0 radical (unpaired) electrons. The Kier molecular flexibility index (Phi) is 2.19. The standard InChI is InChI=1S/C11H13FO2/c1-14-10-6-8(12)2-3-9(10)11(7-13)4-5-11/h2-3,6,13H,4-5,7H2,1H3. The summed E-state index contributed by atoms with van der Waals surface area (Å²) in [5.41, 5.74) is 0.753. The molecule has 1 aliphatic carbocycles. The largest absolute Gasteiger partial charge is 0.496 e. The molecule has 14 heavy (non-hydrogen) atoms. The average molecular weight is 196 g/mol. The monoisotopic (exact) mass is 196 g/mol. The molecule has 0 spiro atoms. The second kappa shape index (κ2) is 3.24. The topological polar surface area (TPSA) is 29.5 Å². The fourth-order valence-corrected chi connectivity index (χ4v) is 1.77. The first kappa shape index (κ1) is 9.46. The Morgan fingerprint density at radius 1 is 1.50 bits per heavy atom. The second-order valence-electron chi connectivity index (χ2n) is 3.78. The highest BCUT2D eigenvalue weighted by molar-refractivity contribution is 5.43. The molecule has 0 bridgehead atoms. The molecule has 0 unspecified atom stereocenters. The zero-order valence-corrected chi connectivity index (χ0v) is 8.09. The lowest BCUT2D eigenvalue weighted by atomic mass is 9.96. The Bertz CT molecular complexity index is 345. The van der Waals surface area contributed by atoms with E-state index in [9.17, 15) is 9.50 Å². The van der Waals surface area contributed by atoms with Gasteiger partial charge in [-0.25, -0.2) is 4.39 Å². The number of aliphatic hydroxyl groups is 1. The molecule has 0 atom stereocenters. The lowest BCUT2D eigenvalue weighted by molar-refractivity contribution is 0.251. The van der Waals surface area contributed by atoms with Gasteiger partial charge in [0.2, 0.25) is 0 Å². The van der Waals surface area contributed by atoms with E-state index in [1.54, 1.807) is 6.07 Å². The van der Waals surface area contributed by atoms with Crippen molar-refractivity contribution in [1.82, 2.24) is 0 Å². The maximum absolute atomic E-state index is 12.9. The van der Waals surface area contributed by atoms with E-state index in [0.29, 0.717) is 5.75 Å². The number of rotatable bonds is 3. The van der Waals surface area contributed by atoms with Crippen LogP contribution in [0.3, 0.4) is 0 Å². The van der Waals surface area contributed by atoms with Gasteiger partial charge in [0.25, 0.3) is 0 Å². The van der Waals surface area contributed by atoms with Crippen molar-refractivity contribution in [2.45, 2.75) is 18.3 Å². The maximum atomic E-state index is 12.9. The summed E-state index contributed by atoms with van der Waals surface area (Å²) < 4.78 is 18.0. The normalized spacial score (nSPS) is 17.9. The third-order valence-electron chi connectivity index (χ3n) is 2.89. The van der Waals surface area contributed by atoms with E-state index < -0.39 is 0 Å². The van der Waals surface area contributed by atoms with Crippen molar-refractivity contribution in [2.24, 2.45) is 0 Å². The Labute approximate surface area is 82.3 Å². The van der Waals surface area contributed by atoms with Crippen LogP contribution in [0.5, 0.6) is 5.75 Å².